The third-order valence-corrected chi connectivity index (χ3v) is 2.38. The van der Waals surface area contributed by atoms with Crippen LogP contribution in [-0.2, 0) is 4.79 Å². The Kier molecular flexibility index (Phi) is 3.31. The molecule has 0 spiro atoms. The van der Waals surface area contributed by atoms with Crippen molar-refractivity contribution in [2.75, 3.05) is 0 Å². The molecule has 70 valence electrons. The van der Waals surface area contributed by atoms with Gasteiger partial charge in [0.1, 0.15) is 6.10 Å². The highest BCUT2D eigenvalue weighted by atomic mass is 35.5. The number of nitrogens with two attached hydrogens (primary N) is 1. The quantitative estimate of drug-likeness (QED) is 0.526. The average Bonchev–Trinajstić information content (AvgIpc) is 2.82. The Morgan fingerprint density at radius 3 is 2.67 bits per heavy atom. The van der Waals surface area contributed by atoms with E-state index in [0.29, 0.717) is 12.3 Å². The number of amides is 1. The van der Waals surface area contributed by atoms with E-state index >= 15 is 0 Å². The van der Waals surface area contributed by atoms with Crippen molar-refractivity contribution in [2.24, 2.45) is 11.7 Å². The first-order valence-electron chi connectivity index (χ1n) is 3.98. The van der Waals surface area contributed by atoms with E-state index in [-0.39, 0.29) is 0 Å². The summed E-state index contributed by atoms with van der Waals surface area (Å²) in [6.45, 7) is 0. The molecule has 1 saturated carbocycles. The van der Waals surface area contributed by atoms with Gasteiger partial charge in [-0.1, -0.05) is 12.8 Å². The SMILES string of the molecule is NC(=O)C(O)C(CC1CC1)NCl. The van der Waals surface area contributed by atoms with Gasteiger partial charge in [-0.25, -0.2) is 4.84 Å². The average molecular weight is 193 g/mol. The Balaban J connectivity index is 2.36. The Hall–Kier alpha value is -0.320. The molecular weight excluding hydrogens is 180 g/mol. The third kappa shape index (κ3) is 2.62. The van der Waals surface area contributed by atoms with Gasteiger partial charge in [0.2, 0.25) is 5.91 Å². The van der Waals surface area contributed by atoms with Crippen molar-refractivity contribution in [1.29, 1.82) is 0 Å². The van der Waals surface area contributed by atoms with E-state index in [2.05, 4.69) is 4.84 Å². The molecule has 0 aliphatic heterocycles. The second kappa shape index (κ2) is 4.07. The van der Waals surface area contributed by atoms with Gasteiger partial charge in [0, 0.05) is 0 Å². The highest BCUT2D eigenvalue weighted by molar-refractivity contribution is 6.13. The number of hydrogen-bond donors (Lipinski definition) is 3. The molecule has 0 aromatic carbocycles. The molecule has 1 amide bonds. The lowest BCUT2D eigenvalue weighted by atomic mass is 10.1. The van der Waals surface area contributed by atoms with Crippen molar-refractivity contribution in [3.8, 4) is 0 Å². The lowest BCUT2D eigenvalue weighted by Crippen LogP contribution is -2.44. The molecule has 0 aromatic heterocycles. The maximum atomic E-state index is 10.6. The molecule has 5 heteroatoms. The van der Waals surface area contributed by atoms with Crippen LogP contribution >= 0.6 is 11.8 Å². The van der Waals surface area contributed by atoms with Gasteiger partial charge in [-0.05, 0) is 24.1 Å². The maximum absolute atomic E-state index is 10.6. The normalized spacial score (nSPS) is 21.8. The lowest BCUT2D eigenvalue weighted by molar-refractivity contribution is -0.127. The first-order valence-corrected chi connectivity index (χ1v) is 4.36. The maximum Gasteiger partial charge on any atom is 0.247 e. The van der Waals surface area contributed by atoms with E-state index in [1.165, 1.54) is 0 Å². The van der Waals surface area contributed by atoms with Gasteiger partial charge in [-0.3, -0.25) is 4.79 Å². The molecule has 0 bridgehead atoms. The number of hydrogen-bond acceptors (Lipinski definition) is 3. The Morgan fingerprint density at radius 2 is 2.33 bits per heavy atom. The predicted molar refractivity (Wildman–Crippen MR) is 45.3 cm³/mol. The van der Waals surface area contributed by atoms with Crippen LogP contribution in [0.1, 0.15) is 19.3 Å². The number of aliphatic hydroxyl groups is 1. The van der Waals surface area contributed by atoms with Gasteiger partial charge in [0.15, 0.2) is 0 Å². The number of rotatable bonds is 5. The fraction of sp³-hybridized carbons (Fsp3) is 0.857. The largest absolute Gasteiger partial charge is 0.382 e. The summed E-state index contributed by atoms with van der Waals surface area (Å²) in [5, 5.41) is 9.24. The van der Waals surface area contributed by atoms with E-state index in [9.17, 15) is 9.90 Å². The molecule has 4 N–H and O–H groups in total. The number of aliphatic hydroxyl groups excluding tert-OH is 1. The summed E-state index contributed by atoms with van der Waals surface area (Å²) in [6.07, 6.45) is 1.84. The molecule has 0 saturated heterocycles. The number of carbonyl (C=O) groups excluding carboxylic acids is 1. The molecule has 0 radical (unpaired) electrons. The first kappa shape index (κ1) is 9.77. The third-order valence-electron chi connectivity index (χ3n) is 2.10. The predicted octanol–water partition coefficient (Wildman–Crippen LogP) is -0.255. The van der Waals surface area contributed by atoms with Crippen LogP contribution in [0.25, 0.3) is 0 Å². The van der Waals surface area contributed by atoms with Crippen LogP contribution in [0, 0.1) is 5.92 Å². The smallest absolute Gasteiger partial charge is 0.247 e. The van der Waals surface area contributed by atoms with Crippen LogP contribution in [0.2, 0.25) is 0 Å². The van der Waals surface area contributed by atoms with Gasteiger partial charge in [-0.2, -0.15) is 0 Å². The Labute approximate surface area is 76.2 Å². The minimum absolute atomic E-state index is 0.406. The highest BCUT2D eigenvalue weighted by Crippen LogP contribution is 2.34. The van der Waals surface area contributed by atoms with Crippen molar-refractivity contribution < 1.29 is 9.90 Å². The van der Waals surface area contributed by atoms with Gasteiger partial charge >= 0.3 is 0 Å². The van der Waals surface area contributed by atoms with Crippen molar-refractivity contribution >= 4 is 17.7 Å². The van der Waals surface area contributed by atoms with Crippen molar-refractivity contribution in [1.82, 2.24) is 4.84 Å². The molecule has 0 heterocycles. The molecule has 2 unspecified atom stereocenters. The topological polar surface area (TPSA) is 75.4 Å². The van der Waals surface area contributed by atoms with Crippen LogP contribution in [0.4, 0.5) is 0 Å². The van der Waals surface area contributed by atoms with E-state index in [4.69, 9.17) is 17.5 Å². The number of carbonyl (C=O) groups is 1. The summed E-state index contributed by atoms with van der Waals surface area (Å²) >= 11 is 5.36. The molecule has 1 fully saturated rings. The van der Waals surface area contributed by atoms with Crippen LogP contribution < -0.4 is 10.6 Å². The minimum Gasteiger partial charge on any atom is -0.382 e. The van der Waals surface area contributed by atoms with E-state index < -0.39 is 18.1 Å². The fourth-order valence-electron chi connectivity index (χ4n) is 1.14. The van der Waals surface area contributed by atoms with Gasteiger partial charge in [0.05, 0.1) is 6.04 Å². The van der Waals surface area contributed by atoms with E-state index in [0.717, 1.165) is 12.8 Å². The zero-order valence-corrected chi connectivity index (χ0v) is 7.42. The monoisotopic (exact) mass is 192 g/mol. The van der Waals surface area contributed by atoms with Crippen molar-refractivity contribution in [2.45, 2.75) is 31.4 Å². The summed E-state index contributed by atoms with van der Waals surface area (Å²) in [5.41, 5.74) is 4.92. The van der Waals surface area contributed by atoms with Gasteiger partial charge < -0.3 is 10.8 Å². The Bertz CT molecular complexity index is 173. The zero-order chi connectivity index (χ0) is 9.14. The van der Waals surface area contributed by atoms with Crippen molar-refractivity contribution in [3.05, 3.63) is 0 Å². The standard InChI is InChI=1S/C7H13ClN2O2/c8-10-5(3-4-1-2-4)6(11)7(9)12/h4-6,10-11H,1-3H2,(H2,9,12). The zero-order valence-electron chi connectivity index (χ0n) is 6.66. The van der Waals surface area contributed by atoms with Crippen LogP contribution in [0.3, 0.4) is 0 Å². The molecule has 0 aromatic rings. The summed E-state index contributed by atoms with van der Waals surface area (Å²) in [6, 6.07) is -0.406. The van der Waals surface area contributed by atoms with E-state index in [1.54, 1.807) is 0 Å². The summed E-state index contributed by atoms with van der Waals surface area (Å²) in [7, 11) is 0. The summed E-state index contributed by atoms with van der Waals surface area (Å²) in [4.78, 5) is 13.0. The molecule has 4 nitrogen and oxygen atoms in total. The fourth-order valence-corrected chi connectivity index (χ4v) is 1.35. The van der Waals surface area contributed by atoms with E-state index in [1.807, 2.05) is 0 Å². The molecular formula is C7H13ClN2O2. The number of nitrogens with one attached hydrogen (secondary N) is 1. The van der Waals surface area contributed by atoms with Gasteiger partial charge in [-0.15, -0.1) is 0 Å². The number of halogens is 1. The lowest BCUT2D eigenvalue weighted by Gasteiger charge is -2.17. The molecule has 1 rings (SSSR count). The molecule has 2 atom stereocenters. The molecule has 1 aliphatic rings. The Morgan fingerprint density at radius 1 is 1.75 bits per heavy atom. The summed E-state index contributed by atoms with van der Waals surface area (Å²) < 4.78 is 0. The second-order valence-corrected chi connectivity index (χ2v) is 3.46. The van der Waals surface area contributed by atoms with Crippen molar-refractivity contribution in [3.63, 3.8) is 0 Å². The van der Waals surface area contributed by atoms with Crippen LogP contribution in [-0.4, -0.2) is 23.2 Å². The van der Waals surface area contributed by atoms with Gasteiger partial charge in [0.25, 0.3) is 0 Å². The minimum atomic E-state index is -1.18. The summed E-state index contributed by atoms with van der Waals surface area (Å²) in [5.74, 6) is -0.135. The first-order chi connectivity index (χ1) is 5.65. The number of primary amides is 1. The van der Waals surface area contributed by atoms with Crippen LogP contribution in [0.5, 0.6) is 0 Å². The molecule has 1 aliphatic carbocycles. The second-order valence-electron chi connectivity index (χ2n) is 3.24. The van der Waals surface area contributed by atoms with Crippen LogP contribution in [0.15, 0.2) is 0 Å². The highest BCUT2D eigenvalue weighted by Gasteiger charge is 2.31. The molecule has 12 heavy (non-hydrogen) atoms.